The Balaban J connectivity index is 1.87. The fourth-order valence-electron chi connectivity index (χ4n) is 7.49. The van der Waals surface area contributed by atoms with Crippen LogP contribution in [0.5, 0.6) is 0 Å². The molecule has 0 nitrogen and oxygen atoms in total. The summed E-state index contributed by atoms with van der Waals surface area (Å²) in [6.45, 7) is 10.0. The number of hydrogen-bond acceptors (Lipinski definition) is 0. The van der Waals surface area contributed by atoms with Gasteiger partial charge in [0.25, 0.3) is 0 Å². The van der Waals surface area contributed by atoms with Crippen LogP contribution in [0.2, 0.25) is 0 Å². The van der Waals surface area contributed by atoms with E-state index in [1.807, 2.05) is 0 Å². The zero-order chi connectivity index (χ0) is 18.6. The molecule has 0 spiro atoms. The Bertz CT molecular complexity index is 337. The van der Waals surface area contributed by atoms with E-state index in [1.54, 1.807) is 89.6 Å². The van der Waals surface area contributed by atoms with Crippen molar-refractivity contribution < 1.29 is 0 Å². The Hall–Kier alpha value is 0.430. The molecule has 0 unspecified atom stereocenters. The molecule has 3 fully saturated rings. The first kappa shape index (κ1) is 21.1. The third kappa shape index (κ3) is 4.70. The van der Waals surface area contributed by atoms with Crippen LogP contribution in [0.3, 0.4) is 0 Å². The zero-order valence-corrected chi connectivity index (χ0v) is 19.6. The molecule has 3 rings (SSSR count). The second-order valence-corrected chi connectivity index (χ2v) is 16.3. The molecule has 0 aromatic heterocycles. The summed E-state index contributed by atoms with van der Waals surface area (Å²) < 4.78 is 0. The summed E-state index contributed by atoms with van der Waals surface area (Å²) in [5, 5.41) is 0. The molecule has 0 bridgehead atoms. The van der Waals surface area contributed by atoms with Crippen molar-refractivity contribution in [1.29, 1.82) is 0 Å². The van der Waals surface area contributed by atoms with Crippen LogP contribution in [-0.2, 0) is 0 Å². The van der Waals surface area contributed by atoms with Crippen LogP contribution >= 0.6 is 7.26 Å². The van der Waals surface area contributed by atoms with Gasteiger partial charge in [-0.15, -0.1) is 0 Å². The summed E-state index contributed by atoms with van der Waals surface area (Å²) in [4.78, 5) is 0. The average Bonchev–Trinajstić information content (AvgIpc) is 2.66. The van der Waals surface area contributed by atoms with Gasteiger partial charge in [-0.25, -0.2) is 0 Å². The standard InChI is InChI=1S/C25H49P/c1-5-6-19-26(23-13-7-20(2)8-14-23,24-15-9-21(3)10-16-24)25-17-11-22(4)12-18-25/h20-26H,5-19H2,1-4H3. The van der Waals surface area contributed by atoms with Crippen molar-refractivity contribution in [3.8, 4) is 0 Å². The Morgan fingerprint density at radius 2 is 0.846 bits per heavy atom. The third-order valence-electron chi connectivity index (χ3n) is 9.29. The zero-order valence-electron chi connectivity index (χ0n) is 18.6. The molecule has 0 heterocycles. The van der Waals surface area contributed by atoms with Gasteiger partial charge in [-0.05, 0) is 0 Å². The number of rotatable bonds is 6. The van der Waals surface area contributed by atoms with Crippen LogP contribution in [0.25, 0.3) is 0 Å². The second kappa shape index (κ2) is 9.76. The van der Waals surface area contributed by atoms with Crippen LogP contribution in [-0.4, -0.2) is 23.1 Å². The van der Waals surface area contributed by atoms with Gasteiger partial charge < -0.3 is 0 Å². The summed E-state index contributed by atoms with van der Waals surface area (Å²) >= 11 is 0. The maximum atomic E-state index is 2.52. The molecule has 0 aromatic carbocycles. The Labute approximate surface area is 166 Å². The monoisotopic (exact) mass is 380 g/mol. The SMILES string of the molecule is CCCC[PH](C1CCC(C)CC1)(C1CCC(C)CC1)C1CCC(C)CC1. The fourth-order valence-corrected chi connectivity index (χ4v) is 15.9. The first-order valence-corrected chi connectivity index (χ1v) is 15.0. The van der Waals surface area contributed by atoms with E-state index in [0.717, 1.165) is 17.8 Å². The molecule has 0 atom stereocenters. The first-order chi connectivity index (χ1) is 12.6. The Kier molecular flexibility index (Phi) is 7.94. The van der Waals surface area contributed by atoms with Gasteiger partial charge in [0.1, 0.15) is 0 Å². The molecule has 1 heteroatoms. The molecule has 154 valence electrons. The Morgan fingerprint density at radius 3 is 1.12 bits per heavy atom. The van der Waals surface area contributed by atoms with Crippen molar-refractivity contribution in [2.75, 3.05) is 6.16 Å². The normalized spacial score (nSPS) is 40.3. The van der Waals surface area contributed by atoms with Gasteiger partial charge in [-0.1, -0.05) is 0 Å². The van der Waals surface area contributed by atoms with Gasteiger partial charge in [0.2, 0.25) is 0 Å². The molecule has 0 saturated heterocycles. The van der Waals surface area contributed by atoms with E-state index in [2.05, 4.69) is 27.7 Å². The molecule has 26 heavy (non-hydrogen) atoms. The number of hydrogen-bond donors (Lipinski definition) is 0. The van der Waals surface area contributed by atoms with Gasteiger partial charge >= 0.3 is 166 Å². The molecule has 0 aliphatic heterocycles. The number of unbranched alkanes of at least 4 members (excludes halogenated alkanes) is 1. The van der Waals surface area contributed by atoms with Crippen molar-refractivity contribution in [3.05, 3.63) is 0 Å². The molecule has 3 aliphatic rings. The predicted molar refractivity (Wildman–Crippen MR) is 122 cm³/mol. The van der Waals surface area contributed by atoms with Crippen LogP contribution in [0.4, 0.5) is 0 Å². The van der Waals surface area contributed by atoms with E-state index in [0.29, 0.717) is 0 Å². The summed E-state index contributed by atoms with van der Waals surface area (Å²) in [6.07, 6.45) is 23.7. The van der Waals surface area contributed by atoms with Crippen LogP contribution < -0.4 is 0 Å². The quantitative estimate of drug-likeness (QED) is 0.407. The van der Waals surface area contributed by atoms with Gasteiger partial charge in [-0.3, -0.25) is 0 Å². The molecule has 0 N–H and O–H groups in total. The molecule has 3 saturated carbocycles. The molecular weight excluding hydrogens is 331 g/mol. The minimum atomic E-state index is -1.20. The summed E-state index contributed by atoms with van der Waals surface area (Å²) in [5.74, 6) is 3.05. The van der Waals surface area contributed by atoms with Crippen molar-refractivity contribution in [2.45, 2.75) is 135 Å². The van der Waals surface area contributed by atoms with E-state index in [9.17, 15) is 0 Å². The average molecular weight is 381 g/mol. The van der Waals surface area contributed by atoms with Crippen molar-refractivity contribution in [1.82, 2.24) is 0 Å². The molecule has 0 amide bonds. The van der Waals surface area contributed by atoms with Crippen LogP contribution in [0.1, 0.15) is 118 Å². The molecule has 3 aliphatic carbocycles. The summed E-state index contributed by atoms with van der Waals surface area (Å²) in [7, 11) is -1.20. The van der Waals surface area contributed by atoms with Gasteiger partial charge in [-0.2, -0.15) is 0 Å². The topological polar surface area (TPSA) is 0 Å². The van der Waals surface area contributed by atoms with E-state index in [1.165, 1.54) is 23.4 Å². The van der Waals surface area contributed by atoms with Crippen LogP contribution in [0.15, 0.2) is 0 Å². The van der Waals surface area contributed by atoms with Crippen molar-refractivity contribution in [2.24, 2.45) is 17.8 Å². The van der Waals surface area contributed by atoms with Crippen molar-refractivity contribution >= 4 is 7.26 Å². The molecule has 0 aromatic rings. The summed E-state index contributed by atoms with van der Waals surface area (Å²) in [6, 6.07) is 0. The van der Waals surface area contributed by atoms with E-state index in [4.69, 9.17) is 0 Å². The van der Waals surface area contributed by atoms with E-state index in [-0.39, 0.29) is 0 Å². The van der Waals surface area contributed by atoms with E-state index >= 15 is 0 Å². The minimum absolute atomic E-state index is 1.02. The van der Waals surface area contributed by atoms with Gasteiger partial charge in [0.05, 0.1) is 0 Å². The molecule has 0 radical (unpaired) electrons. The second-order valence-electron chi connectivity index (χ2n) is 11.1. The van der Waals surface area contributed by atoms with Crippen molar-refractivity contribution in [3.63, 3.8) is 0 Å². The van der Waals surface area contributed by atoms with Gasteiger partial charge in [0.15, 0.2) is 0 Å². The van der Waals surface area contributed by atoms with Gasteiger partial charge in [0, 0.05) is 0 Å². The van der Waals surface area contributed by atoms with Crippen LogP contribution in [0, 0.1) is 17.8 Å². The Morgan fingerprint density at radius 1 is 0.538 bits per heavy atom. The van der Waals surface area contributed by atoms with E-state index < -0.39 is 7.26 Å². The maximum absolute atomic E-state index is 2.52. The predicted octanol–water partition coefficient (Wildman–Crippen LogP) is 8.27. The third-order valence-corrected chi connectivity index (χ3v) is 16.8. The first-order valence-electron chi connectivity index (χ1n) is 12.6. The molecular formula is C25H49P. The fraction of sp³-hybridized carbons (Fsp3) is 1.00. The summed E-state index contributed by atoms with van der Waals surface area (Å²) in [5.41, 5.74) is 3.59.